The molecule has 0 bridgehead atoms. The summed E-state index contributed by atoms with van der Waals surface area (Å²) in [5.74, 6) is 7.18. The molecule has 4 heteroatoms. The first kappa shape index (κ1) is 25.0. The van der Waals surface area contributed by atoms with E-state index in [-0.39, 0.29) is 5.82 Å². The van der Waals surface area contributed by atoms with E-state index in [2.05, 4.69) is 103 Å². The fourth-order valence-corrected chi connectivity index (χ4v) is 10.4. The van der Waals surface area contributed by atoms with Gasteiger partial charge in [-0.15, -0.1) is 0 Å². The molecule has 0 atom stereocenters. The van der Waals surface area contributed by atoms with Crippen molar-refractivity contribution < 1.29 is 8.96 Å². The van der Waals surface area contributed by atoms with Crippen molar-refractivity contribution in [2.75, 3.05) is 0 Å². The minimum absolute atomic E-state index is 0.176. The van der Waals surface area contributed by atoms with E-state index < -0.39 is 13.3 Å². The number of rotatable bonds is 4. The predicted octanol–water partition coefficient (Wildman–Crippen LogP) is 8.87. The van der Waals surface area contributed by atoms with Crippen LogP contribution in [0.15, 0.2) is 97.2 Å². The molecule has 0 amide bonds. The normalized spacial score (nSPS) is 11.9. The van der Waals surface area contributed by atoms with Crippen LogP contribution < -0.4 is 8.96 Å². The minimum atomic E-state index is -2.19. The van der Waals surface area contributed by atoms with Gasteiger partial charge in [0, 0.05) is 0 Å². The van der Waals surface area contributed by atoms with Gasteiger partial charge in [-0.1, -0.05) is 30.3 Å². The van der Waals surface area contributed by atoms with E-state index in [1.165, 1.54) is 31.3 Å². The molecule has 38 heavy (non-hydrogen) atoms. The first-order valence-electron chi connectivity index (χ1n) is 13.0. The number of thiophene rings is 1. The number of aryl methyl sites for hydroxylation is 2. The molecule has 6 aromatic rings. The SMILES string of the molecule is Cc1ccc2c(sc3c(-c4ccc(-c5ccccc5)cc4)c(F)ccc32)c1-c1[c]([Ge]([CH3])([CH3])[CH3])ccc[n+]1C. The van der Waals surface area contributed by atoms with Crippen LogP contribution in [0.1, 0.15) is 5.56 Å². The number of nitrogens with zero attached hydrogens (tertiary/aromatic N) is 1. The van der Waals surface area contributed by atoms with Crippen LogP contribution in [0.3, 0.4) is 0 Å². The summed E-state index contributed by atoms with van der Waals surface area (Å²) < 4.78 is 21.6. The van der Waals surface area contributed by atoms with Gasteiger partial charge < -0.3 is 0 Å². The third-order valence-corrected chi connectivity index (χ3v) is 13.0. The van der Waals surface area contributed by atoms with Gasteiger partial charge in [0.05, 0.1) is 0 Å². The number of fused-ring (bicyclic) bond motifs is 3. The summed E-state index contributed by atoms with van der Waals surface area (Å²) in [4.78, 5) is 0. The number of pyridine rings is 1. The molecule has 0 radical (unpaired) electrons. The number of halogens is 1. The molecule has 0 spiro atoms. The van der Waals surface area contributed by atoms with Gasteiger partial charge >= 0.3 is 201 Å². The molecule has 0 fully saturated rings. The average Bonchev–Trinajstić information content (AvgIpc) is 3.27. The van der Waals surface area contributed by atoms with Crippen LogP contribution >= 0.6 is 11.3 Å². The summed E-state index contributed by atoms with van der Waals surface area (Å²) >= 11 is -0.457. The van der Waals surface area contributed by atoms with Crippen molar-refractivity contribution in [2.45, 2.75) is 24.2 Å². The number of hydrogen-bond acceptors (Lipinski definition) is 1. The van der Waals surface area contributed by atoms with Crippen molar-refractivity contribution >= 4 is 49.2 Å². The van der Waals surface area contributed by atoms with E-state index in [4.69, 9.17) is 0 Å². The second-order valence-corrected chi connectivity index (χ2v) is 22.7. The van der Waals surface area contributed by atoms with Crippen LogP contribution in [-0.2, 0) is 7.05 Å². The zero-order valence-corrected chi connectivity index (χ0v) is 25.4. The summed E-state index contributed by atoms with van der Waals surface area (Å²) in [5, 5.41) is 2.32. The Hall–Kier alpha value is -3.28. The molecule has 188 valence electrons. The summed E-state index contributed by atoms with van der Waals surface area (Å²) in [7, 11) is 2.15. The molecule has 0 unspecified atom stereocenters. The number of aromatic nitrogens is 1. The topological polar surface area (TPSA) is 3.88 Å². The number of benzene rings is 4. The Labute approximate surface area is 230 Å². The Morgan fingerprint density at radius 3 is 1.95 bits per heavy atom. The molecule has 4 aromatic carbocycles. The molecule has 0 aliphatic heterocycles. The average molecular weight is 577 g/mol. The Morgan fingerprint density at radius 1 is 0.658 bits per heavy atom. The van der Waals surface area contributed by atoms with Gasteiger partial charge in [0.15, 0.2) is 0 Å². The van der Waals surface area contributed by atoms with Crippen LogP contribution in [0.4, 0.5) is 4.39 Å². The molecule has 0 aliphatic rings. The van der Waals surface area contributed by atoms with Gasteiger partial charge in [-0.25, -0.2) is 0 Å². The quantitative estimate of drug-likeness (QED) is 0.146. The monoisotopic (exact) mass is 578 g/mol. The van der Waals surface area contributed by atoms with Gasteiger partial charge in [-0.3, -0.25) is 0 Å². The predicted molar refractivity (Wildman–Crippen MR) is 164 cm³/mol. The Bertz CT molecular complexity index is 1810. The Balaban J connectivity index is 1.61. The molecule has 0 N–H and O–H groups in total. The van der Waals surface area contributed by atoms with Gasteiger partial charge in [0.25, 0.3) is 0 Å². The van der Waals surface area contributed by atoms with E-state index in [1.54, 1.807) is 17.4 Å². The van der Waals surface area contributed by atoms with Crippen LogP contribution in [0, 0.1) is 12.7 Å². The molecule has 2 heterocycles. The summed E-state index contributed by atoms with van der Waals surface area (Å²) in [6.07, 6.45) is 2.15. The number of hydrogen-bond donors (Lipinski definition) is 0. The maximum absolute atomic E-state index is 15.6. The summed E-state index contributed by atoms with van der Waals surface area (Å²) in [6, 6.07) is 31.1. The van der Waals surface area contributed by atoms with Crippen molar-refractivity contribution in [3.05, 3.63) is 109 Å². The van der Waals surface area contributed by atoms with Crippen molar-refractivity contribution in [2.24, 2.45) is 7.05 Å². The van der Waals surface area contributed by atoms with Crippen molar-refractivity contribution in [3.63, 3.8) is 0 Å². The fourth-order valence-electron chi connectivity index (χ4n) is 5.53. The zero-order valence-electron chi connectivity index (χ0n) is 22.5. The summed E-state index contributed by atoms with van der Waals surface area (Å²) in [6.45, 7) is 2.20. The van der Waals surface area contributed by atoms with E-state index in [9.17, 15) is 0 Å². The van der Waals surface area contributed by atoms with E-state index >= 15 is 4.39 Å². The molecule has 0 saturated heterocycles. The third kappa shape index (κ3) is 4.18. The van der Waals surface area contributed by atoms with Gasteiger partial charge in [0.2, 0.25) is 0 Å². The van der Waals surface area contributed by atoms with Crippen LogP contribution in [-0.4, -0.2) is 13.3 Å². The Morgan fingerprint density at radius 2 is 1.26 bits per heavy atom. The molecule has 0 saturated carbocycles. The van der Waals surface area contributed by atoms with Gasteiger partial charge in [0.1, 0.15) is 0 Å². The molecule has 6 rings (SSSR count). The summed E-state index contributed by atoms with van der Waals surface area (Å²) in [5.41, 5.74) is 7.75. The third-order valence-electron chi connectivity index (χ3n) is 7.47. The second kappa shape index (κ2) is 9.48. The molecule has 2 aromatic heterocycles. The van der Waals surface area contributed by atoms with E-state index in [0.29, 0.717) is 5.56 Å². The van der Waals surface area contributed by atoms with Crippen LogP contribution in [0.2, 0.25) is 17.3 Å². The fraction of sp³-hybridized carbons (Fsp3) is 0.147. The first-order chi connectivity index (χ1) is 18.2. The van der Waals surface area contributed by atoms with Crippen LogP contribution in [0.25, 0.3) is 53.7 Å². The molecular weight excluding hydrogens is 546 g/mol. The zero-order chi connectivity index (χ0) is 26.6. The van der Waals surface area contributed by atoms with Crippen molar-refractivity contribution in [3.8, 4) is 33.5 Å². The molecular formula is C34H31FGeNS+. The molecule has 0 aliphatic carbocycles. The van der Waals surface area contributed by atoms with Crippen molar-refractivity contribution in [1.29, 1.82) is 0 Å². The van der Waals surface area contributed by atoms with Gasteiger partial charge in [-0.05, 0) is 0 Å². The first-order valence-corrected chi connectivity index (χ1v) is 21.2. The van der Waals surface area contributed by atoms with Crippen LogP contribution in [0.5, 0.6) is 0 Å². The van der Waals surface area contributed by atoms with Crippen molar-refractivity contribution in [1.82, 2.24) is 0 Å². The molecule has 1 nitrogen and oxygen atoms in total. The standard InChI is InChI=1S/C34H31FGeNS/c1-22-13-18-26-27-19-20-28(35)31(25-16-14-24(15-17-25)23-10-7-6-8-11-23)34(27)38-33(26)30(22)32-29(36(2,3)4)12-9-21-37(32)5/h6-21H,1-5H3/q+1. The van der Waals surface area contributed by atoms with E-state index in [1.807, 2.05) is 24.3 Å². The second-order valence-electron chi connectivity index (χ2n) is 11.1. The van der Waals surface area contributed by atoms with Gasteiger partial charge in [-0.2, -0.15) is 0 Å². The van der Waals surface area contributed by atoms with E-state index in [0.717, 1.165) is 26.8 Å². The Kier molecular flexibility index (Phi) is 6.24. The maximum atomic E-state index is 15.6.